The number of carboxylic acids is 1. The quantitative estimate of drug-likeness (QED) is 0.165. The topological polar surface area (TPSA) is 125 Å². The number of nitrogens with zero attached hydrogens (tertiary/aromatic N) is 1. The molecule has 9 heteroatoms. The zero-order valence-electron chi connectivity index (χ0n) is 25.4. The Morgan fingerprint density at radius 1 is 0.822 bits per heavy atom. The predicted octanol–water partition coefficient (Wildman–Crippen LogP) is 5.38. The minimum Gasteiger partial charge on any atom is -0.493 e. The summed E-state index contributed by atoms with van der Waals surface area (Å²) in [6.07, 6.45) is 0.235. The van der Waals surface area contributed by atoms with Crippen LogP contribution < -0.4 is 14.8 Å². The Hall–Kier alpha value is -5.15. The van der Waals surface area contributed by atoms with Gasteiger partial charge in [-0.2, -0.15) is 0 Å². The molecule has 0 fully saturated rings. The summed E-state index contributed by atoms with van der Waals surface area (Å²) < 4.78 is 11.1. The number of aliphatic hydroxyl groups excluding tert-OH is 1. The van der Waals surface area contributed by atoms with E-state index in [0.717, 1.165) is 11.1 Å². The van der Waals surface area contributed by atoms with Crippen molar-refractivity contribution in [1.29, 1.82) is 0 Å². The van der Waals surface area contributed by atoms with Gasteiger partial charge in [0.2, 0.25) is 0 Å². The van der Waals surface area contributed by atoms with Crippen molar-refractivity contribution in [3.05, 3.63) is 119 Å². The molecule has 4 aromatic rings. The maximum Gasteiger partial charge on any atom is 0.305 e. The molecule has 1 atom stereocenters. The third-order valence-electron chi connectivity index (χ3n) is 7.39. The van der Waals surface area contributed by atoms with Gasteiger partial charge in [0.15, 0.2) is 11.5 Å². The number of hydrogen-bond donors (Lipinski definition) is 3. The maximum atomic E-state index is 14.1. The first-order valence-electron chi connectivity index (χ1n) is 14.8. The van der Waals surface area contributed by atoms with Gasteiger partial charge in [-0.25, -0.2) is 0 Å². The fourth-order valence-electron chi connectivity index (χ4n) is 5.10. The Bertz CT molecular complexity index is 1610. The number of rotatable bonds is 15. The largest absolute Gasteiger partial charge is 0.493 e. The van der Waals surface area contributed by atoms with E-state index in [1.165, 1.54) is 4.90 Å². The molecule has 2 amide bonds. The van der Waals surface area contributed by atoms with Gasteiger partial charge in [0, 0.05) is 24.2 Å². The highest BCUT2D eigenvalue weighted by Crippen LogP contribution is 2.30. The van der Waals surface area contributed by atoms with Crippen molar-refractivity contribution in [2.45, 2.75) is 25.8 Å². The molecule has 0 saturated heterocycles. The van der Waals surface area contributed by atoms with Gasteiger partial charge in [0.1, 0.15) is 0 Å². The van der Waals surface area contributed by atoms with Crippen LogP contribution in [0.25, 0.3) is 11.1 Å². The lowest BCUT2D eigenvalue weighted by Gasteiger charge is -2.24. The Labute approximate surface area is 263 Å². The molecule has 9 nitrogen and oxygen atoms in total. The molecule has 0 aliphatic carbocycles. The number of carbonyl (C=O) groups excluding carboxylic acids is 2. The maximum absolute atomic E-state index is 14.1. The van der Waals surface area contributed by atoms with Crippen molar-refractivity contribution in [2.24, 2.45) is 0 Å². The van der Waals surface area contributed by atoms with Crippen LogP contribution in [0.2, 0.25) is 0 Å². The molecule has 0 aliphatic rings. The number of aliphatic hydroxyl groups is 1. The van der Waals surface area contributed by atoms with E-state index in [0.29, 0.717) is 46.8 Å². The third kappa shape index (κ3) is 8.49. The van der Waals surface area contributed by atoms with Gasteiger partial charge in [-0.05, 0) is 59.9 Å². The summed E-state index contributed by atoms with van der Waals surface area (Å²) in [4.78, 5) is 40.7. The molecular formula is C36H38N2O7. The molecule has 0 heterocycles. The first-order chi connectivity index (χ1) is 21.9. The second kappa shape index (κ2) is 16.1. The summed E-state index contributed by atoms with van der Waals surface area (Å²) in [5, 5.41) is 22.3. The van der Waals surface area contributed by atoms with E-state index in [9.17, 15) is 24.6 Å². The predicted molar refractivity (Wildman–Crippen MR) is 172 cm³/mol. The summed E-state index contributed by atoms with van der Waals surface area (Å²) in [6.45, 7) is 2.36. The first kappa shape index (κ1) is 32.8. The van der Waals surface area contributed by atoms with Crippen LogP contribution >= 0.6 is 0 Å². The molecule has 3 N–H and O–H groups in total. The molecule has 0 spiro atoms. The monoisotopic (exact) mass is 610 g/mol. The molecule has 0 bridgehead atoms. The SMILES string of the molecule is CCOc1ccc(CCN(CCC(=O)O)C(=O)c2ccccc2-c2ccccc2C(=O)N[C@@H](CO)c2ccccc2)cc1OC. The molecule has 0 saturated carbocycles. The summed E-state index contributed by atoms with van der Waals surface area (Å²) >= 11 is 0. The van der Waals surface area contributed by atoms with Gasteiger partial charge in [-0.15, -0.1) is 0 Å². The molecule has 0 radical (unpaired) electrons. The highest BCUT2D eigenvalue weighted by Gasteiger charge is 2.24. The van der Waals surface area contributed by atoms with Crippen LogP contribution in [0.15, 0.2) is 97.1 Å². The van der Waals surface area contributed by atoms with Crippen LogP contribution in [0.5, 0.6) is 11.5 Å². The van der Waals surface area contributed by atoms with Crippen molar-refractivity contribution in [2.75, 3.05) is 33.4 Å². The average Bonchev–Trinajstić information content (AvgIpc) is 3.07. The second-order valence-electron chi connectivity index (χ2n) is 10.3. The van der Waals surface area contributed by atoms with Gasteiger partial charge in [-0.3, -0.25) is 14.4 Å². The minimum absolute atomic E-state index is 0.00799. The minimum atomic E-state index is -1.01. The zero-order chi connectivity index (χ0) is 32.2. The Kier molecular flexibility index (Phi) is 11.7. The number of benzene rings is 4. The molecule has 45 heavy (non-hydrogen) atoms. The lowest BCUT2D eigenvalue weighted by Crippen LogP contribution is -2.35. The van der Waals surface area contributed by atoms with Gasteiger partial charge in [0.05, 0.1) is 32.8 Å². The highest BCUT2D eigenvalue weighted by atomic mass is 16.5. The van der Waals surface area contributed by atoms with E-state index in [-0.39, 0.29) is 32.0 Å². The van der Waals surface area contributed by atoms with Gasteiger partial charge in [0.25, 0.3) is 11.8 Å². The number of carbonyl (C=O) groups is 3. The standard InChI is InChI=1S/C36H38N2O7/c1-3-45-32-18-17-25(23-33(32)44-2)19-21-38(22-20-34(40)41)36(43)30-16-10-8-14-28(30)27-13-7-9-15-29(27)35(42)37-31(24-39)26-11-5-4-6-12-26/h4-18,23,31,39H,3,19-22,24H2,1-2H3,(H,37,42)(H,40,41)/t31-/m0/s1. The summed E-state index contributed by atoms with van der Waals surface area (Å²) in [7, 11) is 1.56. The van der Waals surface area contributed by atoms with E-state index in [4.69, 9.17) is 9.47 Å². The fraction of sp³-hybridized carbons (Fsp3) is 0.250. The number of nitrogens with one attached hydrogen (secondary N) is 1. The second-order valence-corrected chi connectivity index (χ2v) is 10.3. The Morgan fingerprint density at radius 3 is 2.11 bits per heavy atom. The Balaban J connectivity index is 1.62. The highest BCUT2D eigenvalue weighted by molar-refractivity contribution is 6.06. The Morgan fingerprint density at radius 2 is 1.47 bits per heavy atom. The van der Waals surface area contributed by atoms with Gasteiger partial charge < -0.3 is 29.9 Å². The van der Waals surface area contributed by atoms with Crippen molar-refractivity contribution in [3.63, 3.8) is 0 Å². The lowest BCUT2D eigenvalue weighted by molar-refractivity contribution is -0.137. The van der Waals surface area contributed by atoms with Crippen LogP contribution in [0.3, 0.4) is 0 Å². The van der Waals surface area contributed by atoms with Crippen LogP contribution in [0.1, 0.15) is 51.2 Å². The van der Waals surface area contributed by atoms with Crippen molar-refractivity contribution in [3.8, 4) is 22.6 Å². The lowest BCUT2D eigenvalue weighted by atomic mass is 9.94. The van der Waals surface area contributed by atoms with Crippen LogP contribution in [0.4, 0.5) is 0 Å². The number of carboxylic acid groups (broad SMARTS) is 1. The van der Waals surface area contributed by atoms with Crippen LogP contribution in [0, 0.1) is 0 Å². The number of aliphatic carboxylic acids is 1. The van der Waals surface area contributed by atoms with Crippen molar-refractivity contribution < 1.29 is 34.1 Å². The third-order valence-corrected chi connectivity index (χ3v) is 7.39. The number of ether oxygens (including phenoxy) is 2. The molecule has 4 rings (SSSR count). The van der Waals surface area contributed by atoms with E-state index >= 15 is 0 Å². The van der Waals surface area contributed by atoms with E-state index in [1.54, 1.807) is 55.6 Å². The van der Waals surface area contributed by atoms with Crippen LogP contribution in [-0.4, -0.2) is 66.3 Å². The molecule has 0 unspecified atom stereocenters. The average molecular weight is 611 g/mol. The molecule has 4 aromatic carbocycles. The van der Waals surface area contributed by atoms with E-state index in [1.807, 2.05) is 55.5 Å². The van der Waals surface area contributed by atoms with Gasteiger partial charge >= 0.3 is 5.97 Å². The molecule has 0 aliphatic heterocycles. The normalized spacial score (nSPS) is 11.4. The summed E-state index contributed by atoms with van der Waals surface area (Å²) in [5.74, 6) is -0.565. The van der Waals surface area contributed by atoms with Crippen LogP contribution in [-0.2, 0) is 11.2 Å². The number of methoxy groups -OCH3 is 1. The smallest absolute Gasteiger partial charge is 0.305 e. The van der Waals surface area contributed by atoms with Gasteiger partial charge in [-0.1, -0.05) is 72.8 Å². The van der Waals surface area contributed by atoms with Crippen molar-refractivity contribution >= 4 is 17.8 Å². The number of amides is 2. The molecule has 234 valence electrons. The fourth-order valence-corrected chi connectivity index (χ4v) is 5.10. The number of hydrogen-bond acceptors (Lipinski definition) is 6. The summed E-state index contributed by atoms with van der Waals surface area (Å²) in [6, 6.07) is 28.1. The zero-order valence-corrected chi connectivity index (χ0v) is 25.4. The molecular weight excluding hydrogens is 572 g/mol. The van der Waals surface area contributed by atoms with E-state index in [2.05, 4.69) is 5.32 Å². The summed E-state index contributed by atoms with van der Waals surface area (Å²) in [5.41, 5.74) is 3.42. The van der Waals surface area contributed by atoms with E-state index < -0.39 is 17.9 Å². The molecule has 0 aromatic heterocycles. The first-order valence-corrected chi connectivity index (χ1v) is 14.8. The van der Waals surface area contributed by atoms with Crippen molar-refractivity contribution in [1.82, 2.24) is 10.2 Å².